The number of rotatable bonds is 5. The number of nitrogens with zero attached hydrogens (tertiary/aromatic N) is 4. The third-order valence-electron chi connectivity index (χ3n) is 11.4. The van der Waals surface area contributed by atoms with Crippen LogP contribution >= 0.6 is 0 Å². The molecule has 0 aliphatic carbocycles. The van der Waals surface area contributed by atoms with E-state index in [1.165, 1.54) is 16.2 Å². The van der Waals surface area contributed by atoms with E-state index >= 15 is 0 Å². The van der Waals surface area contributed by atoms with Crippen LogP contribution in [0.3, 0.4) is 0 Å². The quantitative estimate of drug-likeness (QED) is 0.176. The minimum atomic E-state index is 0.551. The summed E-state index contributed by atoms with van der Waals surface area (Å²) >= 11 is 0. The molecule has 0 saturated carbocycles. The Morgan fingerprint density at radius 2 is 1.00 bits per heavy atom. The van der Waals surface area contributed by atoms with Gasteiger partial charge in [-0.1, -0.05) is 164 Å². The van der Waals surface area contributed by atoms with Gasteiger partial charge in [0.05, 0.1) is 11.0 Å². The fraction of sp³-hybridized carbons (Fsp3) is 0. The van der Waals surface area contributed by atoms with Gasteiger partial charge in [0.15, 0.2) is 11.6 Å². The molecule has 0 amide bonds. The molecule has 9 aromatic carbocycles. The van der Waals surface area contributed by atoms with Gasteiger partial charge in [-0.3, -0.25) is 4.57 Å². The second-order valence-corrected chi connectivity index (χ2v) is 14.8. The summed E-state index contributed by atoms with van der Waals surface area (Å²) in [6, 6.07) is 68.0. The summed E-state index contributed by atoms with van der Waals surface area (Å²) in [6.45, 7) is 0. The van der Waals surface area contributed by atoms with E-state index in [1.807, 2.05) is 6.07 Å². The molecule has 0 radical (unpaired) electrons. The smallest absolute Gasteiger partial charge is 0.238 e. The van der Waals surface area contributed by atoms with Crippen LogP contribution in [0.15, 0.2) is 199 Å². The van der Waals surface area contributed by atoms with Gasteiger partial charge in [0.1, 0.15) is 11.2 Å². The van der Waals surface area contributed by atoms with Crippen molar-refractivity contribution in [1.82, 2.24) is 19.5 Å². The van der Waals surface area contributed by atoms with Crippen molar-refractivity contribution >= 4 is 65.3 Å². The van der Waals surface area contributed by atoms with Crippen molar-refractivity contribution in [2.24, 2.45) is 0 Å². The molecule has 0 spiro atoms. The lowest BCUT2D eigenvalue weighted by Crippen LogP contribution is -2.07. The molecule has 0 fully saturated rings. The van der Waals surface area contributed by atoms with Gasteiger partial charge in [0, 0.05) is 38.2 Å². The largest absolute Gasteiger partial charge is 0.456 e. The molecule has 0 atom stereocenters. The van der Waals surface area contributed by atoms with E-state index in [9.17, 15) is 0 Å². The zero-order valence-electron chi connectivity index (χ0n) is 31.2. The third-order valence-corrected chi connectivity index (χ3v) is 11.4. The molecule has 12 aromatic rings. The van der Waals surface area contributed by atoms with E-state index in [0.29, 0.717) is 17.6 Å². The van der Waals surface area contributed by atoms with E-state index in [2.05, 4.69) is 193 Å². The highest BCUT2D eigenvalue weighted by molar-refractivity contribution is 6.20. The molecule has 0 aliphatic rings. The molecule has 0 unspecified atom stereocenters. The van der Waals surface area contributed by atoms with Crippen LogP contribution in [0.25, 0.3) is 116 Å². The topological polar surface area (TPSA) is 56.7 Å². The molecule has 5 heteroatoms. The average Bonchev–Trinajstić information content (AvgIpc) is 3.85. The van der Waals surface area contributed by atoms with Crippen LogP contribution in [-0.4, -0.2) is 19.5 Å². The van der Waals surface area contributed by atoms with Gasteiger partial charge in [-0.25, -0.2) is 4.98 Å². The Balaban J connectivity index is 1.10. The molecular weight excluding hydrogens is 709 g/mol. The molecule has 270 valence electrons. The first kappa shape index (κ1) is 32.4. The minimum absolute atomic E-state index is 0.551. The lowest BCUT2D eigenvalue weighted by molar-refractivity contribution is 0.669. The summed E-state index contributed by atoms with van der Waals surface area (Å²) in [5.74, 6) is 1.76. The summed E-state index contributed by atoms with van der Waals surface area (Å²) in [6.07, 6.45) is 0. The van der Waals surface area contributed by atoms with Crippen molar-refractivity contribution in [1.29, 1.82) is 0 Å². The van der Waals surface area contributed by atoms with Gasteiger partial charge in [0.2, 0.25) is 5.95 Å². The van der Waals surface area contributed by atoms with Crippen LogP contribution in [0.4, 0.5) is 0 Å². The number of fused-ring (bicyclic) bond motifs is 9. The first-order valence-electron chi connectivity index (χ1n) is 19.5. The maximum Gasteiger partial charge on any atom is 0.238 e. The Kier molecular flexibility index (Phi) is 7.16. The normalized spacial score (nSPS) is 11.8. The van der Waals surface area contributed by atoms with E-state index < -0.39 is 0 Å². The number of furan rings is 1. The first-order valence-corrected chi connectivity index (χ1v) is 19.5. The van der Waals surface area contributed by atoms with Crippen LogP contribution in [0, 0.1) is 0 Å². The van der Waals surface area contributed by atoms with E-state index in [1.54, 1.807) is 0 Å². The molecule has 0 saturated heterocycles. The van der Waals surface area contributed by atoms with Gasteiger partial charge in [-0.15, -0.1) is 0 Å². The Hall–Kier alpha value is -7.89. The SMILES string of the molecule is c1ccc(-c2ccc(-c3nc(-c4ccc5ccccc5c4)nc(-n4c5ccccc5c5cccc(-c6ccc7c(c6)oc6ccc8ccccc8c67)c54)n3)cc2)cc1. The Labute approximate surface area is 333 Å². The van der Waals surface area contributed by atoms with Gasteiger partial charge in [-0.05, 0) is 68.6 Å². The molecule has 5 nitrogen and oxygen atoms in total. The molecule has 58 heavy (non-hydrogen) atoms. The molecule has 0 bridgehead atoms. The second kappa shape index (κ2) is 12.8. The number of para-hydroxylation sites is 2. The fourth-order valence-electron chi connectivity index (χ4n) is 8.67. The van der Waals surface area contributed by atoms with Crippen molar-refractivity contribution in [3.8, 4) is 51.0 Å². The molecule has 12 rings (SSSR count). The van der Waals surface area contributed by atoms with E-state index in [-0.39, 0.29) is 0 Å². The van der Waals surface area contributed by atoms with Crippen LogP contribution in [0.1, 0.15) is 0 Å². The van der Waals surface area contributed by atoms with E-state index in [4.69, 9.17) is 19.4 Å². The number of hydrogen-bond donors (Lipinski definition) is 0. The van der Waals surface area contributed by atoms with Crippen molar-refractivity contribution in [3.63, 3.8) is 0 Å². The standard InChI is InChI=1S/C53H32N4O/c1-2-11-33(12-3-1)35-21-24-37(25-22-35)51-54-52(40-26-23-34-13-4-5-15-38(34)31-40)56-53(55-51)57-46-20-9-8-17-43(46)44-19-10-18-42(50(44)57)39-27-29-45-48(32-39)58-47-30-28-36-14-6-7-16-41(36)49(45)47/h1-32H. The van der Waals surface area contributed by atoms with Crippen LogP contribution < -0.4 is 0 Å². The predicted molar refractivity (Wildman–Crippen MR) is 238 cm³/mol. The Morgan fingerprint density at radius 3 is 1.86 bits per heavy atom. The Morgan fingerprint density at radius 1 is 0.362 bits per heavy atom. The number of hydrogen-bond acceptors (Lipinski definition) is 4. The van der Waals surface area contributed by atoms with Gasteiger partial charge in [0.25, 0.3) is 0 Å². The molecule has 3 heterocycles. The minimum Gasteiger partial charge on any atom is -0.456 e. The highest BCUT2D eigenvalue weighted by Gasteiger charge is 2.21. The lowest BCUT2D eigenvalue weighted by Gasteiger charge is -2.13. The van der Waals surface area contributed by atoms with E-state index in [0.717, 1.165) is 82.5 Å². The molecule has 3 aromatic heterocycles. The van der Waals surface area contributed by atoms with Gasteiger partial charge >= 0.3 is 0 Å². The van der Waals surface area contributed by atoms with Crippen LogP contribution in [0.5, 0.6) is 0 Å². The van der Waals surface area contributed by atoms with Crippen molar-refractivity contribution < 1.29 is 4.42 Å². The average molecular weight is 741 g/mol. The highest BCUT2D eigenvalue weighted by Crippen LogP contribution is 2.41. The predicted octanol–water partition coefficient (Wildman–Crippen LogP) is 13.8. The van der Waals surface area contributed by atoms with Crippen molar-refractivity contribution in [3.05, 3.63) is 194 Å². The first-order chi connectivity index (χ1) is 28.7. The fourth-order valence-corrected chi connectivity index (χ4v) is 8.67. The summed E-state index contributed by atoms with van der Waals surface area (Å²) in [4.78, 5) is 15.8. The lowest BCUT2D eigenvalue weighted by atomic mass is 9.99. The summed E-state index contributed by atoms with van der Waals surface area (Å²) in [5.41, 5.74) is 10.0. The van der Waals surface area contributed by atoms with Crippen molar-refractivity contribution in [2.45, 2.75) is 0 Å². The summed E-state index contributed by atoms with van der Waals surface area (Å²) in [7, 11) is 0. The van der Waals surface area contributed by atoms with Crippen LogP contribution in [-0.2, 0) is 0 Å². The maximum absolute atomic E-state index is 6.57. The third kappa shape index (κ3) is 5.14. The molecule has 0 N–H and O–H groups in total. The maximum atomic E-state index is 6.57. The highest BCUT2D eigenvalue weighted by atomic mass is 16.3. The zero-order valence-corrected chi connectivity index (χ0v) is 31.2. The van der Waals surface area contributed by atoms with Gasteiger partial charge < -0.3 is 4.42 Å². The zero-order chi connectivity index (χ0) is 38.2. The molecule has 0 aliphatic heterocycles. The number of benzene rings is 9. The monoisotopic (exact) mass is 740 g/mol. The van der Waals surface area contributed by atoms with Crippen molar-refractivity contribution in [2.75, 3.05) is 0 Å². The van der Waals surface area contributed by atoms with Gasteiger partial charge in [-0.2, -0.15) is 9.97 Å². The van der Waals surface area contributed by atoms with Crippen LogP contribution in [0.2, 0.25) is 0 Å². The Bertz CT molecular complexity index is 3560. The number of aromatic nitrogens is 4. The summed E-state index contributed by atoms with van der Waals surface area (Å²) < 4.78 is 8.78. The molecular formula is C53H32N4O. The summed E-state index contributed by atoms with van der Waals surface area (Å²) in [5, 5.41) is 9.16. The second-order valence-electron chi connectivity index (χ2n) is 14.8.